The molecule has 0 aliphatic carbocycles. The van der Waals surface area contributed by atoms with Gasteiger partial charge in [-0.05, 0) is 35.9 Å². The van der Waals surface area contributed by atoms with Crippen LogP contribution >= 0.6 is 11.6 Å². The molecule has 128 valence electrons. The second kappa shape index (κ2) is 8.55. The molecule has 0 aliphatic heterocycles. The van der Waals surface area contributed by atoms with E-state index in [2.05, 4.69) is 10.3 Å². The summed E-state index contributed by atoms with van der Waals surface area (Å²) >= 11 is 5.79. The first-order valence-electron chi connectivity index (χ1n) is 6.95. The van der Waals surface area contributed by atoms with Gasteiger partial charge in [-0.2, -0.15) is 0 Å². The molecule has 1 aromatic heterocycles. The normalized spacial score (nSPS) is 10.4. The van der Waals surface area contributed by atoms with Gasteiger partial charge in [0.2, 0.25) is 0 Å². The van der Waals surface area contributed by atoms with Crippen LogP contribution < -0.4 is 5.32 Å². The maximum atomic E-state index is 11.7. The third-order valence-corrected chi connectivity index (χ3v) is 3.20. The zero-order valence-electron chi connectivity index (χ0n) is 12.7. The van der Waals surface area contributed by atoms with Gasteiger partial charge in [0, 0.05) is 24.4 Å². The number of carbonyl (C=O) groups excluding carboxylic acids is 2. The van der Waals surface area contributed by atoms with Gasteiger partial charge in [-0.25, -0.2) is 9.78 Å². The van der Waals surface area contributed by atoms with Gasteiger partial charge in [0.05, 0.1) is 10.6 Å². The van der Waals surface area contributed by atoms with Crippen LogP contribution in [0, 0.1) is 10.1 Å². The van der Waals surface area contributed by atoms with E-state index in [1.165, 1.54) is 36.5 Å². The van der Waals surface area contributed by atoms with Gasteiger partial charge in [0.15, 0.2) is 11.8 Å². The van der Waals surface area contributed by atoms with Crippen LogP contribution in [-0.4, -0.2) is 28.4 Å². The largest absolute Gasteiger partial charge is 0.452 e. The van der Waals surface area contributed by atoms with Crippen LogP contribution in [0.2, 0.25) is 5.15 Å². The van der Waals surface area contributed by atoms with Gasteiger partial charge in [0.1, 0.15) is 0 Å². The number of nitrogens with zero attached hydrogens (tertiary/aromatic N) is 2. The zero-order chi connectivity index (χ0) is 18.2. The second-order valence-electron chi connectivity index (χ2n) is 4.68. The fraction of sp³-hybridized carbons (Fsp3) is 0.0625. The third kappa shape index (κ3) is 5.70. The van der Waals surface area contributed by atoms with Crippen molar-refractivity contribution in [2.75, 3.05) is 11.9 Å². The van der Waals surface area contributed by atoms with E-state index in [-0.39, 0.29) is 10.8 Å². The molecular formula is C16H12ClN3O5. The first-order valence-corrected chi connectivity index (χ1v) is 7.33. The number of nitro groups is 1. The zero-order valence-corrected chi connectivity index (χ0v) is 13.5. The van der Waals surface area contributed by atoms with Crippen molar-refractivity contribution >= 4 is 40.9 Å². The number of aromatic nitrogens is 1. The highest BCUT2D eigenvalue weighted by Gasteiger charge is 2.08. The second-order valence-corrected chi connectivity index (χ2v) is 5.04. The van der Waals surface area contributed by atoms with Crippen molar-refractivity contribution in [3.05, 3.63) is 69.5 Å². The molecule has 2 aromatic rings. The van der Waals surface area contributed by atoms with Gasteiger partial charge < -0.3 is 10.1 Å². The number of nitrogens with one attached hydrogen (secondary N) is 1. The van der Waals surface area contributed by atoms with Crippen molar-refractivity contribution in [2.24, 2.45) is 0 Å². The molecule has 1 heterocycles. The number of ether oxygens (including phenoxy) is 1. The Labute approximate surface area is 147 Å². The van der Waals surface area contributed by atoms with Gasteiger partial charge in [-0.3, -0.25) is 14.9 Å². The van der Waals surface area contributed by atoms with Crippen molar-refractivity contribution in [2.45, 2.75) is 0 Å². The average molecular weight is 362 g/mol. The van der Waals surface area contributed by atoms with Gasteiger partial charge in [-0.1, -0.05) is 11.6 Å². The van der Waals surface area contributed by atoms with Gasteiger partial charge in [-0.15, -0.1) is 0 Å². The molecule has 25 heavy (non-hydrogen) atoms. The highest BCUT2D eigenvalue weighted by molar-refractivity contribution is 6.32. The standard InChI is InChI=1S/C16H12ClN3O5/c17-16-13(2-1-9-18-16)19-14(21)10-25-15(22)8-5-11-3-6-12(7-4-11)20(23)24/h1-9H,10H2,(H,19,21)/b8-5+. The lowest BCUT2D eigenvalue weighted by Gasteiger charge is -2.06. The molecule has 0 saturated carbocycles. The molecule has 0 saturated heterocycles. The van der Waals surface area contributed by atoms with Crippen LogP contribution in [0.25, 0.3) is 6.08 Å². The van der Waals surface area contributed by atoms with Crippen molar-refractivity contribution in [3.8, 4) is 0 Å². The molecule has 0 bridgehead atoms. The van der Waals surface area contributed by atoms with Crippen molar-refractivity contribution < 1.29 is 19.2 Å². The van der Waals surface area contributed by atoms with E-state index < -0.39 is 23.4 Å². The number of esters is 1. The molecule has 1 aromatic carbocycles. The number of nitro benzene ring substituents is 1. The Morgan fingerprint density at radius 3 is 2.64 bits per heavy atom. The summed E-state index contributed by atoms with van der Waals surface area (Å²) in [5.41, 5.74) is 0.839. The fourth-order valence-electron chi connectivity index (χ4n) is 1.72. The molecule has 0 radical (unpaired) electrons. The van der Waals surface area contributed by atoms with Gasteiger partial charge >= 0.3 is 5.97 Å². The summed E-state index contributed by atoms with van der Waals surface area (Å²) < 4.78 is 4.79. The summed E-state index contributed by atoms with van der Waals surface area (Å²) in [6.07, 6.45) is 4.01. The number of benzene rings is 1. The van der Waals surface area contributed by atoms with E-state index in [1.54, 1.807) is 12.1 Å². The van der Waals surface area contributed by atoms with Crippen LogP contribution in [0.4, 0.5) is 11.4 Å². The summed E-state index contributed by atoms with van der Waals surface area (Å²) in [6, 6.07) is 8.76. The molecule has 0 spiro atoms. The SMILES string of the molecule is O=C(COC(=O)/C=C/c1ccc([N+](=O)[O-])cc1)Nc1cccnc1Cl. The molecule has 0 fully saturated rings. The first-order chi connectivity index (χ1) is 12.0. The number of non-ortho nitro benzene ring substituents is 1. The Kier molecular flexibility index (Phi) is 6.19. The highest BCUT2D eigenvalue weighted by Crippen LogP contribution is 2.17. The minimum absolute atomic E-state index is 0.0505. The molecule has 0 unspecified atom stereocenters. The Morgan fingerprint density at radius 1 is 1.28 bits per heavy atom. The van der Waals surface area contributed by atoms with Crippen molar-refractivity contribution in [1.82, 2.24) is 4.98 Å². The monoisotopic (exact) mass is 361 g/mol. The number of halogens is 1. The molecule has 1 N–H and O–H groups in total. The van der Waals surface area contributed by atoms with E-state index in [0.717, 1.165) is 6.08 Å². The number of amides is 1. The van der Waals surface area contributed by atoms with E-state index in [1.807, 2.05) is 0 Å². The van der Waals surface area contributed by atoms with Gasteiger partial charge in [0.25, 0.3) is 11.6 Å². The summed E-state index contributed by atoms with van der Waals surface area (Å²) in [5, 5.41) is 13.1. The smallest absolute Gasteiger partial charge is 0.331 e. The van der Waals surface area contributed by atoms with Crippen LogP contribution in [-0.2, 0) is 14.3 Å². The molecule has 1 amide bonds. The summed E-state index contributed by atoms with van der Waals surface area (Å²) in [4.78, 5) is 37.1. The Morgan fingerprint density at radius 2 is 2.00 bits per heavy atom. The van der Waals surface area contributed by atoms with Crippen LogP contribution in [0.3, 0.4) is 0 Å². The first kappa shape index (κ1) is 18.1. The Hall–Kier alpha value is -3.26. The average Bonchev–Trinajstić information content (AvgIpc) is 2.60. The van der Waals surface area contributed by atoms with Crippen LogP contribution in [0.1, 0.15) is 5.56 Å². The van der Waals surface area contributed by atoms with Crippen molar-refractivity contribution in [3.63, 3.8) is 0 Å². The number of hydrogen-bond acceptors (Lipinski definition) is 6. The lowest BCUT2D eigenvalue weighted by molar-refractivity contribution is -0.384. The summed E-state index contributed by atoms with van der Waals surface area (Å²) in [6.45, 7) is -0.491. The number of carbonyl (C=O) groups is 2. The molecule has 9 heteroatoms. The van der Waals surface area contributed by atoms with E-state index in [0.29, 0.717) is 11.3 Å². The number of pyridine rings is 1. The van der Waals surface area contributed by atoms with Crippen LogP contribution in [0.15, 0.2) is 48.7 Å². The predicted molar refractivity (Wildman–Crippen MR) is 91.0 cm³/mol. The molecule has 8 nitrogen and oxygen atoms in total. The van der Waals surface area contributed by atoms with E-state index >= 15 is 0 Å². The maximum Gasteiger partial charge on any atom is 0.331 e. The van der Waals surface area contributed by atoms with Crippen molar-refractivity contribution in [1.29, 1.82) is 0 Å². The third-order valence-electron chi connectivity index (χ3n) is 2.89. The number of rotatable bonds is 6. The quantitative estimate of drug-likeness (QED) is 0.278. The minimum atomic E-state index is -0.731. The molecule has 0 aliphatic rings. The topological polar surface area (TPSA) is 111 Å². The molecule has 2 rings (SSSR count). The van der Waals surface area contributed by atoms with E-state index in [4.69, 9.17) is 16.3 Å². The minimum Gasteiger partial charge on any atom is -0.452 e. The number of hydrogen-bond donors (Lipinski definition) is 1. The Balaban J connectivity index is 1.82. The van der Waals surface area contributed by atoms with Crippen LogP contribution in [0.5, 0.6) is 0 Å². The fourth-order valence-corrected chi connectivity index (χ4v) is 1.89. The Bertz CT molecular complexity index is 821. The highest BCUT2D eigenvalue weighted by atomic mass is 35.5. The summed E-state index contributed by atoms with van der Waals surface area (Å²) in [7, 11) is 0. The predicted octanol–water partition coefficient (Wildman–Crippen LogP) is 2.84. The molecule has 0 atom stereocenters. The maximum absolute atomic E-state index is 11.7. The molecular weight excluding hydrogens is 350 g/mol. The van der Waals surface area contributed by atoms with E-state index in [9.17, 15) is 19.7 Å². The lowest BCUT2D eigenvalue weighted by Crippen LogP contribution is -2.20. The lowest BCUT2D eigenvalue weighted by atomic mass is 10.2. The number of anilines is 1. The summed E-state index contributed by atoms with van der Waals surface area (Å²) in [5.74, 6) is -1.29.